The van der Waals surface area contributed by atoms with Crippen LogP contribution in [0.15, 0.2) is 23.6 Å². The van der Waals surface area contributed by atoms with Crippen LogP contribution in [0.3, 0.4) is 0 Å². The van der Waals surface area contributed by atoms with Crippen molar-refractivity contribution in [1.29, 1.82) is 0 Å². The first-order valence-electron chi connectivity index (χ1n) is 8.62. The zero-order valence-corrected chi connectivity index (χ0v) is 15.0. The van der Waals surface area contributed by atoms with E-state index in [1.165, 1.54) is 22.5 Å². The number of amides is 1. The second-order valence-electron chi connectivity index (χ2n) is 7.21. The van der Waals surface area contributed by atoms with E-state index in [1.807, 2.05) is 5.38 Å². The normalized spacial score (nSPS) is 21.7. The number of anilines is 1. The average Bonchev–Trinajstić information content (AvgIpc) is 3.04. The van der Waals surface area contributed by atoms with Crippen molar-refractivity contribution in [2.24, 2.45) is 11.3 Å². The van der Waals surface area contributed by atoms with E-state index in [0.717, 1.165) is 43.6 Å². The van der Waals surface area contributed by atoms with Crippen LogP contribution >= 0.6 is 11.3 Å². The average molecular weight is 341 g/mol. The molecule has 4 nitrogen and oxygen atoms in total. The molecule has 0 bridgehead atoms. The third kappa shape index (κ3) is 2.87. The van der Waals surface area contributed by atoms with Gasteiger partial charge in [-0.25, -0.2) is 4.98 Å². The van der Waals surface area contributed by atoms with Gasteiger partial charge in [-0.05, 0) is 57.2 Å². The molecule has 1 atom stereocenters. The highest BCUT2D eigenvalue weighted by atomic mass is 32.1. The van der Waals surface area contributed by atoms with Crippen molar-refractivity contribution in [3.05, 3.63) is 34.7 Å². The van der Waals surface area contributed by atoms with Crippen LogP contribution in [0.1, 0.15) is 30.4 Å². The molecule has 4 rings (SSSR count). The van der Waals surface area contributed by atoms with Crippen molar-refractivity contribution in [1.82, 2.24) is 10.3 Å². The monoisotopic (exact) mass is 341 g/mol. The number of carbonyl (C=O) groups is 1. The SMILES string of the molecule is Cc1ccc(-c2csc(NC(=O)C3CC34CCNCC4)n2)c(C)c1. The number of aryl methyl sites for hydroxylation is 2. The largest absolute Gasteiger partial charge is 0.317 e. The molecule has 1 saturated heterocycles. The molecule has 2 N–H and O–H groups in total. The predicted octanol–water partition coefficient (Wildman–Crippen LogP) is 3.76. The first-order valence-corrected chi connectivity index (χ1v) is 9.50. The molecule has 1 saturated carbocycles. The maximum Gasteiger partial charge on any atom is 0.229 e. The highest BCUT2D eigenvalue weighted by Crippen LogP contribution is 2.58. The van der Waals surface area contributed by atoms with Gasteiger partial charge in [0.2, 0.25) is 5.91 Å². The molecule has 2 aromatic rings. The van der Waals surface area contributed by atoms with Gasteiger partial charge in [0.05, 0.1) is 5.69 Å². The third-order valence-corrected chi connectivity index (χ3v) is 6.26. The Kier molecular flexibility index (Phi) is 3.93. The molecule has 1 aliphatic heterocycles. The van der Waals surface area contributed by atoms with Gasteiger partial charge in [0, 0.05) is 16.9 Å². The summed E-state index contributed by atoms with van der Waals surface area (Å²) in [5, 5.41) is 9.16. The van der Waals surface area contributed by atoms with Crippen LogP contribution in [0, 0.1) is 25.2 Å². The smallest absolute Gasteiger partial charge is 0.229 e. The lowest BCUT2D eigenvalue weighted by Gasteiger charge is -2.22. The molecule has 1 aliphatic carbocycles. The van der Waals surface area contributed by atoms with Gasteiger partial charge in [-0.2, -0.15) is 0 Å². The van der Waals surface area contributed by atoms with E-state index in [2.05, 4.69) is 47.7 Å². The Morgan fingerprint density at radius 3 is 2.88 bits per heavy atom. The number of aromatic nitrogens is 1. The molecule has 2 fully saturated rings. The van der Waals surface area contributed by atoms with Crippen molar-refractivity contribution >= 4 is 22.4 Å². The van der Waals surface area contributed by atoms with Crippen molar-refractivity contribution in [2.45, 2.75) is 33.1 Å². The Balaban J connectivity index is 1.45. The number of nitrogens with zero attached hydrogens (tertiary/aromatic N) is 1. The van der Waals surface area contributed by atoms with Crippen molar-refractivity contribution in [3.8, 4) is 11.3 Å². The fraction of sp³-hybridized carbons (Fsp3) is 0.474. The van der Waals surface area contributed by atoms with Crippen LogP contribution in [0.2, 0.25) is 0 Å². The van der Waals surface area contributed by atoms with E-state index < -0.39 is 0 Å². The number of piperidine rings is 1. The molecule has 1 spiro atoms. The summed E-state index contributed by atoms with van der Waals surface area (Å²) in [4.78, 5) is 17.2. The minimum Gasteiger partial charge on any atom is -0.317 e. The minimum atomic E-state index is 0.151. The highest BCUT2D eigenvalue weighted by molar-refractivity contribution is 7.14. The van der Waals surface area contributed by atoms with Crippen LogP contribution in [0.25, 0.3) is 11.3 Å². The Morgan fingerprint density at radius 2 is 2.12 bits per heavy atom. The quantitative estimate of drug-likeness (QED) is 0.894. The second kappa shape index (κ2) is 5.97. The van der Waals surface area contributed by atoms with E-state index in [1.54, 1.807) is 0 Å². The van der Waals surface area contributed by atoms with Gasteiger partial charge >= 0.3 is 0 Å². The summed E-state index contributed by atoms with van der Waals surface area (Å²) in [6.45, 7) is 6.27. The first kappa shape index (κ1) is 15.8. The lowest BCUT2D eigenvalue weighted by Crippen LogP contribution is -2.31. The first-order chi connectivity index (χ1) is 11.6. The summed E-state index contributed by atoms with van der Waals surface area (Å²) in [6.07, 6.45) is 3.28. The Morgan fingerprint density at radius 1 is 1.33 bits per heavy atom. The number of hydrogen-bond donors (Lipinski definition) is 2. The lowest BCUT2D eigenvalue weighted by atomic mass is 9.92. The lowest BCUT2D eigenvalue weighted by molar-refractivity contribution is -0.118. The minimum absolute atomic E-state index is 0.151. The fourth-order valence-electron chi connectivity index (χ4n) is 3.94. The maximum atomic E-state index is 12.5. The maximum absolute atomic E-state index is 12.5. The highest BCUT2D eigenvalue weighted by Gasteiger charge is 2.57. The fourth-order valence-corrected chi connectivity index (χ4v) is 4.66. The van der Waals surface area contributed by atoms with Crippen LogP contribution in [-0.2, 0) is 4.79 Å². The van der Waals surface area contributed by atoms with E-state index in [9.17, 15) is 4.79 Å². The van der Waals surface area contributed by atoms with Crippen LogP contribution < -0.4 is 10.6 Å². The topological polar surface area (TPSA) is 54.0 Å². The molecular weight excluding hydrogens is 318 g/mol. The van der Waals surface area contributed by atoms with Crippen molar-refractivity contribution < 1.29 is 4.79 Å². The van der Waals surface area contributed by atoms with Crippen LogP contribution in [0.5, 0.6) is 0 Å². The Labute approximate surface area is 146 Å². The van der Waals surface area contributed by atoms with Gasteiger partial charge in [-0.15, -0.1) is 11.3 Å². The second-order valence-corrected chi connectivity index (χ2v) is 8.07. The molecule has 1 amide bonds. The summed E-state index contributed by atoms with van der Waals surface area (Å²) in [5.41, 5.74) is 4.82. The van der Waals surface area contributed by atoms with E-state index in [4.69, 9.17) is 0 Å². The summed E-state index contributed by atoms with van der Waals surface area (Å²) < 4.78 is 0. The van der Waals surface area contributed by atoms with Crippen molar-refractivity contribution in [2.75, 3.05) is 18.4 Å². The molecule has 126 valence electrons. The molecule has 0 radical (unpaired) electrons. The third-order valence-electron chi connectivity index (χ3n) is 5.50. The van der Waals surface area contributed by atoms with Gasteiger partial charge in [-0.3, -0.25) is 4.79 Å². The van der Waals surface area contributed by atoms with Crippen LogP contribution in [-0.4, -0.2) is 24.0 Å². The Bertz CT molecular complexity index is 777. The molecule has 2 heterocycles. The number of hydrogen-bond acceptors (Lipinski definition) is 4. The standard InChI is InChI=1S/C19H23N3OS/c1-12-3-4-14(13(2)9-12)16-11-24-18(21-16)22-17(23)15-10-19(15)5-7-20-8-6-19/h3-4,9,11,15,20H,5-8,10H2,1-2H3,(H,21,22,23). The molecule has 1 aromatic heterocycles. The molecule has 2 aliphatic rings. The summed E-state index contributed by atoms with van der Waals surface area (Å²) in [5.74, 6) is 0.325. The zero-order chi connectivity index (χ0) is 16.7. The van der Waals surface area contributed by atoms with E-state index in [0.29, 0.717) is 5.13 Å². The number of rotatable bonds is 3. The summed E-state index contributed by atoms with van der Waals surface area (Å²) >= 11 is 1.51. The number of nitrogens with one attached hydrogen (secondary N) is 2. The van der Waals surface area contributed by atoms with Gasteiger partial charge in [-0.1, -0.05) is 23.8 Å². The van der Waals surface area contributed by atoms with Crippen LogP contribution in [0.4, 0.5) is 5.13 Å². The van der Waals surface area contributed by atoms with E-state index >= 15 is 0 Å². The predicted molar refractivity (Wildman–Crippen MR) is 98.3 cm³/mol. The van der Waals surface area contributed by atoms with Gasteiger partial charge in [0.25, 0.3) is 0 Å². The number of carbonyl (C=O) groups excluding carboxylic acids is 1. The number of benzene rings is 1. The molecule has 1 aromatic carbocycles. The summed E-state index contributed by atoms with van der Waals surface area (Å²) in [6, 6.07) is 6.37. The van der Waals surface area contributed by atoms with Crippen molar-refractivity contribution in [3.63, 3.8) is 0 Å². The number of thiazole rings is 1. The molecule has 1 unspecified atom stereocenters. The molecular formula is C19H23N3OS. The molecule has 5 heteroatoms. The van der Waals surface area contributed by atoms with Gasteiger partial charge in [0.1, 0.15) is 0 Å². The Hall–Kier alpha value is -1.72. The zero-order valence-electron chi connectivity index (χ0n) is 14.2. The summed E-state index contributed by atoms with van der Waals surface area (Å²) in [7, 11) is 0. The van der Waals surface area contributed by atoms with E-state index in [-0.39, 0.29) is 17.2 Å². The van der Waals surface area contributed by atoms with Gasteiger partial charge < -0.3 is 10.6 Å². The van der Waals surface area contributed by atoms with Gasteiger partial charge in [0.15, 0.2) is 5.13 Å². The molecule has 24 heavy (non-hydrogen) atoms.